The standard InChI is InChI=1S/C20H21BrN2O5S/c1-12(24)23-6-5-13-9-17(21)20(10-18(13)23)29(25,26)22-15-7-14-8-16(27-2)3-4-19(14)28-11-15/h3-4,8-10,15,22H,5-7,11H2,1-2H3/t15-/m0/s1. The van der Waals surface area contributed by atoms with Gasteiger partial charge >= 0.3 is 0 Å². The molecule has 154 valence electrons. The zero-order valence-electron chi connectivity index (χ0n) is 16.1. The van der Waals surface area contributed by atoms with Crippen molar-refractivity contribution in [3.05, 3.63) is 45.9 Å². The Bertz CT molecular complexity index is 1090. The van der Waals surface area contributed by atoms with Crippen LogP contribution in [0.15, 0.2) is 39.7 Å². The number of carbonyl (C=O) groups excluding carboxylic acids is 1. The lowest BCUT2D eigenvalue weighted by molar-refractivity contribution is -0.116. The van der Waals surface area contributed by atoms with E-state index in [9.17, 15) is 13.2 Å². The maximum absolute atomic E-state index is 13.1. The normalized spacial score (nSPS) is 18.0. The van der Waals surface area contributed by atoms with Crippen LogP contribution in [-0.4, -0.2) is 40.6 Å². The van der Waals surface area contributed by atoms with Crippen molar-refractivity contribution in [3.63, 3.8) is 0 Å². The maximum Gasteiger partial charge on any atom is 0.242 e. The van der Waals surface area contributed by atoms with Gasteiger partial charge in [-0.25, -0.2) is 13.1 Å². The zero-order valence-corrected chi connectivity index (χ0v) is 18.5. The Morgan fingerprint density at radius 3 is 2.79 bits per heavy atom. The fourth-order valence-electron chi connectivity index (χ4n) is 3.78. The number of benzene rings is 2. The van der Waals surface area contributed by atoms with E-state index in [1.807, 2.05) is 18.2 Å². The summed E-state index contributed by atoms with van der Waals surface area (Å²) in [6.07, 6.45) is 1.20. The number of fused-ring (bicyclic) bond motifs is 2. The van der Waals surface area contributed by atoms with E-state index in [-0.39, 0.29) is 17.4 Å². The zero-order chi connectivity index (χ0) is 20.8. The number of halogens is 1. The van der Waals surface area contributed by atoms with Gasteiger partial charge in [0.25, 0.3) is 0 Å². The molecule has 0 aromatic heterocycles. The number of carbonyl (C=O) groups is 1. The highest BCUT2D eigenvalue weighted by Crippen LogP contribution is 2.36. The molecule has 0 fully saturated rings. The molecule has 2 heterocycles. The van der Waals surface area contributed by atoms with Gasteiger partial charge in [0.05, 0.1) is 18.0 Å². The number of nitrogens with one attached hydrogen (secondary N) is 1. The number of rotatable bonds is 4. The smallest absolute Gasteiger partial charge is 0.242 e. The molecule has 1 amide bonds. The Morgan fingerprint density at radius 2 is 2.07 bits per heavy atom. The highest BCUT2D eigenvalue weighted by molar-refractivity contribution is 9.10. The highest BCUT2D eigenvalue weighted by atomic mass is 79.9. The molecule has 2 aromatic carbocycles. The van der Waals surface area contributed by atoms with Gasteiger partial charge in [0, 0.05) is 23.6 Å². The summed E-state index contributed by atoms with van der Waals surface area (Å²) in [7, 11) is -2.24. The van der Waals surface area contributed by atoms with Crippen LogP contribution in [0.25, 0.3) is 0 Å². The second-order valence-corrected chi connectivity index (χ2v) is 9.68. The number of ether oxygens (including phenoxy) is 2. The molecule has 1 atom stereocenters. The monoisotopic (exact) mass is 480 g/mol. The van der Waals surface area contributed by atoms with Crippen molar-refractivity contribution in [2.45, 2.75) is 30.7 Å². The van der Waals surface area contributed by atoms with E-state index in [4.69, 9.17) is 9.47 Å². The molecule has 0 unspecified atom stereocenters. The Balaban J connectivity index is 1.60. The summed E-state index contributed by atoms with van der Waals surface area (Å²) >= 11 is 3.38. The van der Waals surface area contributed by atoms with Crippen LogP contribution in [-0.2, 0) is 27.7 Å². The average molecular weight is 481 g/mol. The first-order valence-electron chi connectivity index (χ1n) is 9.21. The first-order chi connectivity index (χ1) is 13.8. The van der Waals surface area contributed by atoms with Crippen molar-refractivity contribution in [2.75, 3.05) is 25.2 Å². The molecule has 29 heavy (non-hydrogen) atoms. The van der Waals surface area contributed by atoms with Crippen LogP contribution in [0, 0.1) is 0 Å². The molecule has 0 spiro atoms. The number of sulfonamides is 1. The van der Waals surface area contributed by atoms with Gasteiger partial charge in [-0.1, -0.05) is 0 Å². The lowest BCUT2D eigenvalue weighted by Gasteiger charge is -2.26. The summed E-state index contributed by atoms with van der Waals surface area (Å²) in [5, 5.41) is 0. The molecule has 0 bridgehead atoms. The van der Waals surface area contributed by atoms with Gasteiger partial charge in [0.2, 0.25) is 15.9 Å². The predicted molar refractivity (Wildman–Crippen MR) is 112 cm³/mol. The lowest BCUT2D eigenvalue weighted by Crippen LogP contribution is -2.42. The van der Waals surface area contributed by atoms with Crippen molar-refractivity contribution in [1.82, 2.24) is 4.72 Å². The molecule has 4 rings (SSSR count). The molecule has 0 aliphatic carbocycles. The average Bonchev–Trinajstić information content (AvgIpc) is 3.09. The largest absolute Gasteiger partial charge is 0.497 e. The Hall–Kier alpha value is -2.10. The minimum Gasteiger partial charge on any atom is -0.497 e. The van der Waals surface area contributed by atoms with E-state index >= 15 is 0 Å². The molecule has 7 nitrogen and oxygen atoms in total. The molecule has 1 N–H and O–H groups in total. The summed E-state index contributed by atoms with van der Waals surface area (Å²) in [4.78, 5) is 13.6. The highest BCUT2D eigenvalue weighted by Gasteiger charge is 2.30. The number of methoxy groups -OCH3 is 1. The van der Waals surface area contributed by atoms with E-state index < -0.39 is 16.1 Å². The third-order valence-electron chi connectivity index (χ3n) is 5.19. The van der Waals surface area contributed by atoms with Crippen molar-refractivity contribution in [1.29, 1.82) is 0 Å². The first-order valence-corrected chi connectivity index (χ1v) is 11.5. The van der Waals surface area contributed by atoms with Gasteiger partial charge in [-0.2, -0.15) is 0 Å². The minimum absolute atomic E-state index is 0.103. The topological polar surface area (TPSA) is 84.9 Å². The van der Waals surface area contributed by atoms with Gasteiger partial charge in [0.1, 0.15) is 18.1 Å². The Labute approximate surface area is 178 Å². The van der Waals surface area contributed by atoms with Crippen LogP contribution < -0.4 is 19.1 Å². The molecule has 0 saturated carbocycles. The van der Waals surface area contributed by atoms with Crippen LogP contribution in [0.5, 0.6) is 11.5 Å². The van der Waals surface area contributed by atoms with Gasteiger partial charge < -0.3 is 14.4 Å². The minimum atomic E-state index is -3.83. The predicted octanol–water partition coefficient (Wildman–Crippen LogP) is 2.65. The van der Waals surface area contributed by atoms with E-state index in [1.165, 1.54) is 6.92 Å². The van der Waals surface area contributed by atoms with Crippen LogP contribution in [0.1, 0.15) is 18.1 Å². The second-order valence-electron chi connectivity index (χ2n) is 7.14. The van der Waals surface area contributed by atoms with Crippen molar-refractivity contribution < 1.29 is 22.7 Å². The van der Waals surface area contributed by atoms with Crippen LogP contribution in [0.2, 0.25) is 0 Å². The van der Waals surface area contributed by atoms with Crippen molar-refractivity contribution in [2.24, 2.45) is 0 Å². The summed E-state index contributed by atoms with van der Waals surface area (Å²) < 4.78 is 40.4. The number of hydrogen-bond donors (Lipinski definition) is 1. The molecule has 0 saturated heterocycles. The van der Waals surface area contributed by atoms with Gasteiger partial charge in [-0.05, 0) is 70.2 Å². The van der Waals surface area contributed by atoms with E-state index in [0.29, 0.717) is 35.3 Å². The van der Waals surface area contributed by atoms with E-state index in [2.05, 4.69) is 20.7 Å². The van der Waals surface area contributed by atoms with Crippen LogP contribution in [0.3, 0.4) is 0 Å². The lowest BCUT2D eigenvalue weighted by atomic mass is 10.0. The van der Waals surface area contributed by atoms with Crippen LogP contribution >= 0.6 is 15.9 Å². The molecule has 0 radical (unpaired) electrons. The Morgan fingerprint density at radius 1 is 1.28 bits per heavy atom. The number of anilines is 1. The third kappa shape index (κ3) is 3.86. The van der Waals surface area contributed by atoms with Crippen LogP contribution in [0.4, 0.5) is 5.69 Å². The second kappa shape index (κ2) is 7.62. The molecular formula is C20H21BrN2O5S. The number of hydrogen-bond acceptors (Lipinski definition) is 5. The summed E-state index contributed by atoms with van der Waals surface area (Å²) in [6, 6.07) is 8.43. The number of amides is 1. The fourth-order valence-corrected chi connectivity index (χ4v) is 6.11. The molecule has 2 aliphatic heterocycles. The van der Waals surface area contributed by atoms with Gasteiger partial charge in [0.15, 0.2) is 0 Å². The molecular weight excluding hydrogens is 460 g/mol. The summed E-state index contributed by atoms with van der Waals surface area (Å²) in [5.74, 6) is 1.33. The third-order valence-corrected chi connectivity index (χ3v) is 7.67. The first kappa shape index (κ1) is 20.2. The maximum atomic E-state index is 13.1. The summed E-state index contributed by atoms with van der Waals surface area (Å²) in [5.41, 5.74) is 2.49. The van der Waals surface area contributed by atoms with Gasteiger partial charge in [-0.15, -0.1) is 0 Å². The molecule has 2 aliphatic rings. The SMILES string of the molecule is COc1ccc2c(c1)C[C@H](NS(=O)(=O)c1cc3c(cc1Br)CCN3C(C)=O)CO2. The summed E-state index contributed by atoms with van der Waals surface area (Å²) in [6.45, 7) is 2.28. The van der Waals surface area contributed by atoms with E-state index in [0.717, 1.165) is 16.9 Å². The van der Waals surface area contributed by atoms with Crippen molar-refractivity contribution >= 4 is 37.5 Å². The quantitative estimate of drug-likeness (QED) is 0.726. The fraction of sp³-hybridized carbons (Fsp3) is 0.350. The molecule has 2 aromatic rings. The van der Waals surface area contributed by atoms with E-state index in [1.54, 1.807) is 24.1 Å². The number of nitrogens with zero attached hydrogens (tertiary/aromatic N) is 1. The van der Waals surface area contributed by atoms with Gasteiger partial charge in [-0.3, -0.25) is 4.79 Å². The molecule has 9 heteroatoms. The van der Waals surface area contributed by atoms with Crippen molar-refractivity contribution in [3.8, 4) is 11.5 Å². The Kier molecular flexibility index (Phi) is 5.30.